The molecule has 0 unspecified atom stereocenters. The molecule has 0 aliphatic heterocycles. The fourth-order valence-corrected chi connectivity index (χ4v) is 2.30. The van der Waals surface area contributed by atoms with Gasteiger partial charge in [-0.25, -0.2) is 4.98 Å². The molecule has 0 spiro atoms. The van der Waals surface area contributed by atoms with Gasteiger partial charge in [0.15, 0.2) is 5.82 Å². The predicted molar refractivity (Wildman–Crippen MR) is 82.6 cm³/mol. The number of hydrogen-bond donors (Lipinski definition) is 1. The topological polar surface area (TPSA) is 85.8 Å². The summed E-state index contributed by atoms with van der Waals surface area (Å²) in [5, 5.41) is 6.77. The Morgan fingerprint density at radius 2 is 2.13 bits per heavy atom. The summed E-state index contributed by atoms with van der Waals surface area (Å²) in [7, 11) is 1.82. The first-order chi connectivity index (χ1) is 11.1. The van der Waals surface area contributed by atoms with Crippen molar-refractivity contribution in [3.8, 4) is 0 Å². The number of carbonyl (C=O) groups is 1. The highest BCUT2D eigenvalue weighted by atomic mass is 16.5. The van der Waals surface area contributed by atoms with Crippen molar-refractivity contribution in [3.63, 3.8) is 0 Å². The summed E-state index contributed by atoms with van der Waals surface area (Å²) in [6, 6.07) is 9.41. The van der Waals surface area contributed by atoms with E-state index < -0.39 is 0 Å². The van der Waals surface area contributed by atoms with E-state index in [-0.39, 0.29) is 11.9 Å². The summed E-state index contributed by atoms with van der Waals surface area (Å²) in [5.41, 5.74) is 1.34. The zero-order valence-electron chi connectivity index (χ0n) is 12.9. The van der Waals surface area contributed by atoms with Crippen molar-refractivity contribution >= 4 is 5.91 Å². The van der Waals surface area contributed by atoms with E-state index in [1.165, 1.54) is 0 Å². The lowest BCUT2D eigenvalue weighted by atomic mass is 10.0. The van der Waals surface area contributed by atoms with E-state index >= 15 is 0 Å². The van der Waals surface area contributed by atoms with Crippen molar-refractivity contribution in [2.75, 3.05) is 0 Å². The number of carbonyl (C=O) groups excluding carboxylic acids is 1. The molecule has 3 rings (SSSR count). The molecule has 23 heavy (non-hydrogen) atoms. The van der Waals surface area contributed by atoms with Crippen LogP contribution in [0.25, 0.3) is 0 Å². The quantitative estimate of drug-likeness (QED) is 0.777. The number of rotatable bonds is 5. The average Bonchev–Trinajstić information content (AvgIpc) is 3.16. The maximum Gasteiger partial charge on any atom is 0.271 e. The van der Waals surface area contributed by atoms with Crippen LogP contribution in [-0.2, 0) is 13.5 Å². The van der Waals surface area contributed by atoms with Crippen molar-refractivity contribution in [1.29, 1.82) is 0 Å². The standard InChI is InChI=1S/C16H17N5O2/c1-11-18-15(23-20-11)8-13(12-6-4-3-5-7-12)19-16(22)14-9-21(2)10-17-14/h3-7,9-10,13H,8H2,1-2H3,(H,19,22)/t13-/m1/s1. The Hall–Kier alpha value is -2.96. The number of nitrogens with zero attached hydrogens (tertiary/aromatic N) is 4. The SMILES string of the molecule is Cc1noc(C[C@@H](NC(=O)c2cn(C)cn2)c2ccccc2)n1. The van der Waals surface area contributed by atoms with Gasteiger partial charge in [0.25, 0.3) is 5.91 Å². The first kappa shape index (κ1) is 15.0. The molecule has 0 fully saturated rings. The van der Waals surface area contributed by atoms with E-state index in [4.69, 9.17) is 4.52 Å². The third-order valence-corrected chi connectivity index (χ3v) is 3.39. The second-order valence-electron chi connectivity index (χ2n) is 5.30. The number of imidazole rings is 1. The van der Waals surface area contributed by atoms with E-state index in [0.29, 0.717) is 23.8 Å². The van der Waals surface area contributed by atoms with Crippen LogP contribution in [0, 0.1) is 6.92 Å². The van der Waals surface area contributed by atoms with Crippen LogP contribution in [0.4, 0.5) is 0 Å². The molecule has 0 saturated carbocycles. The number of aryl methyl sites for hydroxylation is 2. The van der Waals surface area contributed by atoms with E-state index in [1.54, 1.807) is 24.0 Å². The molecular weight excluding hydrogens is 294 g/mol. The van der Waals surface area contributed by atoms with E-state index in [2.05, 4.69) is 20.4 Å². The van der Waals surface area contributed by atoms with Gasteiger partial charge < -0.3 is 14.4 Å². The third-order valence-electron chi connectivity index (χ3n) is 3.39. The molecule has 1 N–H and O–H groups in total. The van der Waals surface area contributed by atoms with Crippen molar-refractivity contribution in [2.24, 2.45) is 7.05 Å². The number of hydrogen-bond acceptors (Lipinski definition) is 5. The van der Waals surface area contributed by atoms with Gasteiger partial charge in [-0.2, -0.15) is 4.98 Å². The van der Waals surface area contributed by atoms with Gasteiger partial charge in [-0.1, -0.05) is 35.5 Å². The van der Waals surface area contributed by atoms with Crippen LogP contribution < -0.4 is 5.32 Å². The van der Waals surface area contributed by atoms with Gasteiger partial charge in [-0.15, -0.1) is 0 Å². The molecule has 0 aliphatic rings. The summed E-state index contributed by atoms with van der Waals surface area (Å²) < 4.78 is 6.91. The Kier molecular flexibility index (Phi) is 4.18. The lowest BCUT2D eigenvalue weighted by Crippen LogP contribution is -2.30. The molecule has 1 aromatic carbocycles. The minimum Gasteiger partial charge on any atom is -0.343 e. The molecular formula is C16H17N5O2. The molecule has 1 amide bonds. The Morgan fingerprint density at radius 3 is 2.74 bits per heavy atom. The zero-order chi connectivity index (χ0) is 16.2. The molecule has 1 atom stereocenters. The summed E-state index contributed by atoms with van der Waals surface area (Å²) in [5.74, 6) is 0.816. The molecule has 2 heterocycles. The first-order valence-electron chi connectivity index (χ1n) is 7.25. The third kappa shape index (κ3) is 3.63. The number of nitrogens with one attached hydrogen (secondary N) is 1. The summed E-state index contributed by atoms with van der Waals surface area (Å²) in [4.78, 5) is 20.7. The van der Waals surface area contributed by atoms with Crippen LogP contribution in [-0.4, -0.2) is 25.6 Å². The molecule has 0 radical (unpaired) electrons. The zero-order valence-corrected chi connectivity index (χ0v) is 12.9. The predicted octanol–water partition coefficient (Wildman–Crippen LogP) is 1.83. The van der Waals surface area contributed by atoms with Gasteiger partial charge in [-0.05, 0) is 12.5 Å². The summed E-state index contributed by atoms with van der Waals surface area (Å²) >= 11 is 0. The lowest BCUT2D eigenvalue weighted by molar-refractivity contribution is 0.0930. The minimum atomic E-state index is -0.273. The molecule has 7 heteroatoms. The highest BCUT2D eigenvalue weighted by molar-refractivity contribution is 5.92. The second-order valence-corrected chi connectivity index (χ2v) is 5.30. The summed E-state index contributed by atoms with van der Waals surface area (Å²) in [6.07, 6.45) is 3.69. The monoisotopic (exact) mass is 311 g/mol. The number of amides is 1. The minimum absolute atomic E-state index is 0.240. The van der Waals surface area contributed by atoms with Crippen LogP contribution >= 0.6 is 0 Å². The molecule has 118 valence electrons. The van der Waals surface area contributed by atoms with Gasteiger partial charge in [0, 0.05) is 13.2 Å². The van der Waals surface area contributed by atoms with Crippen LogP contribution in [0.2, 0.25) is 0 Å². The van der Waals surface area contributed by atoms with Gasteiger partial charge in [0.1, 0.15) is 5.69 Å². The highest BCUT2D eigenvalue weighted by Crippen LogP contribution is 2.18. The fraction of sp³-hybridized carbons (Fsp3) is 0.250. The summed E-state index contributed by atoms with van der Waals surface area (Å²) in [6.45, 7) is 1.76. The Morgan fingerprint density at radius 1 is 1.35 bits per heavy atom. The largest absolute Gasteiger partial charge is 0.343 e. The fourth-order valence-electron chi connectivity index (χ4n) is 2.30. The molecule has 3 aromatic rings. The smallest absolute Gasteiger partial charge is 0.271 e. The number of aromatic nitrogens is 4. The maximum absolute atomic E-state index is 12.4. The second kappa shape index (κ2) is 6.43. The molecule has 0 saturated heterocycles. The van der Waals surface area contributed by atoms with E-state index in [1.807, 2.05) is 37.4 Å². The first-order valence-corrected chi connectivity index (χ1v) is 7.25. The van der Waals surface area contributed by atoms with Crippen LogP contribution in [0.5, 0.6) is 0 Å². The highest BCUT2D eigenvalue weighted by Gasteiger charge is 2.20. The van der Waals surface area contributed by atoms with Gasteiger partial charge in [0.05, 0.1) is 18.8 Å². The van der Waals surface area contributed by atoms with E-state index in [9.17, 15) is 4.79 Å². The van der Waals surface area contributed by atoms with Gasteiger partial charge >= 0.3 is 0 Å². The Bertz CT molecular complexity index is 794. The average molecular weight is 311 g/mol. The van der Waals surface area contributed by atoms with Crippen LogP contribution in [0.3, 0.4) is 0 Å². The van der Waals surface area contributed by atoms with Gasteiger partial charge in [0.2, 0.25) is 5.89 Å². The Balaban J connectivity index is 1.81. The lowest BCUT2D eigenvalue weighted by Gasteiger charge is -2.17. The van der Waals surface area contributed by atoms with Crippen molar-refractivity contribution in [1.82, 2.24) is 25.0 Å². The van der Waals surface area contributed by atoms with Crippen molar-refractivity contribution < 1.29 is 9.32 Å². The molecule has 2 aromatic heterocycles. The van der Waals surface area contributed by atoms with Crippen LogP contribution in [0.1, 0.15) is 33.8 Å². The van der Waals surface area contributed by atoms with Crippen molar-refractivity contribution in [3.05, 3.63) is 65.8 Å². The van der Waals surface area contributed by atoms with Gasteiger partial charge in [-0.3, -0.25) is 4.79 Å². The molecule has 0 aliphatic carbocycles. The normalized spacial score (nSPS) is 12.1. The number of benzene rings is 1. The molecule has 0 bridgehead atoms. The molecule has 7 nitrogen and oxygen atoms in total. The van der Waals surface area contributed by atoms with E-state index in [0.717, 1.165) is 5.56 Å². The van der Waals surface area contributed by atoms with Crippen molar-refractivity contribution in [2.45, 2.75) is 19.4 Å². The maximum atomic E-state index is 12.4. The van der Waals surface area contributed by atoms with Crippen LogP contribution in [0.15, 0.2) is 47.4 Å². The Labute approximate surface area is 133 Å².